The second-order valence-electron chi connectivity index (χ2n) is 14.4. The zero-order valence-electron chi connectivity index (χ0n) is 32.8. The van der Waals surface area contributed by atoms with Crippen molar-refractivity contribution in [2.45, 2.75) is 219 Å². The Kier molecular flexibility index (Phi) is 36.5. The van der Waals surface area contributed by atoms with Gasteiger partial charge in [0.1, 0.15) is 12.7 Å². The Morgan fingerprint density at radius 2 is 0.843 bits per heavy atom. The molecular weight excluding hydrogens is 671 g/mol. The fraction of sp³-hybridized carbons (Fsp3) is 0.950. The quantitative estimate of drug-likeness (QED) is 0.0314. The van der Waals surface area contributed by atoms with Gasteiger partial charge in [0.2, 0.25) is 0 Å². The van der Waals surface area contributed by atoms with Crippen LogP contribution in [0.2, 0.25) is 0 Å². The van der Waals surface area contributed by atoms with Crippen LogP contribution in [-0.2, 0) is 32.7 Å². The van der Waals surface area contributed by atoms with Crippen molar-refractivity contribution in [3.8, 4) is 0 Å². The number of aliphatic hydroxyl groups excluding tert-OH is 2. The topological polar surface area (TPSA) is 149 Å². The van der Waals surface area contributed by atoms with Crippen molar-refractivity contribution in [3.63, 3.8) is 0 Å². The average Bonchev–Trinajstić information content (AvgIpc) is 3.12. The maximum Gasteiger partial charge on any atom is 0.472 e. The zero-order valence-corrected chi connectivity index (χ0v) is 33.7. The smallest absolute Gasteiger partial charge is 0.462 e. The lowest BCUT2D eigenvalue weighted by Gasteiger charge is -2.20. The Morgan fingerprint density at radius 1 is 0.510 bits per heavy atom. The number of phosphoric acid groups is 1. The van der Waals surface area contributed by atoms with Gasteiger partial charge in [0.15, 0.2) is 6.10 Å². The summed E-state index contributed by atoms with van der Waals surface area (Å²) >= 11 is 0. The van der Waals surface area contributed by atoms with Crippen LogP contribution >= 0.6 is 7.82 Å². The molecule has 10 nitrogen and oxygen atoms in total. The number of rotatable bonds is 40. The van der Waals surface area contributed by atoms with E-state index in [0.29, 0.717) is 12.8 Å². The summed E-state index contributed by atoms with van der Waals surface area (Å²) < 4.78 is 32.6. The van der Waals surface area contributed by atoms with E-state index in [-0.39, 0.29) is 19.4 Å². The number of aliphatic hydroxyl groups is 2. The maximum atomic E-state index is 12.6. The molecule has 0 fully saturated rings. The van der Waals surface area contributed by atoms with E-state index in [9.17, 15) is 24.2 Å². The Hall–Kier alpha value is -1.03. The van der Waals surface area contributed by atoms with Gasteiger partial charge in [0, 0.05) is 12.8 Å². The van der Waals surface area contributed by atoms with Crippen LogP contribution in [0.5, 0.6) is 0 Å². The number of phosphoric ester groups is 1. The summed E-state index contributed by atoms with van der Waals surface area (Å²) in [5.41, 5.74) is 0. The fourth-order valence-corrected chi connectivity index (χ4v) is 6.78. The molecule has 0 aliphatic heterocycles. The highest BCUT2D eigenvalue weighted by Gasteiger charge is 2.27. The molecular formula is C40H79O10P. The van der Waals surface area contributed by atoms with Gasteiger partial charge >= 0.3 is 19.8 Å². The van der Waals surface area contributed by atoms with Gasteiger partial charge in [-0.2, -0.15) is 0 Å². The number of hydrogen-bond acceptors (Lipinski definition) is 9. The van der Waals surface area contributed by atoms with E-state index in [4.69, 9.17) is 19.1 Å². The molecule has 0 aromatic carbocycles. The van der Waals surface area contributed by atoms with E-state index in [2.05, 4.69) is 18.4 Å². The summed E-state index contributed by atoms with van der Waals surface area (Å²) in [6, 6.07) is 0. The lowest BCUT2D eigenvalue weighted by Crippen LogP contribution is -2.29. The number of ether oxygens (including phenoxy) is 2. The highest BCUT2D eigenvalue weighted by molar-refractivity contribution is 7.47. The molecule has 0 aromatic rings. The highest BCUT2D eigenvalue weighted by Crippen LogP contribution is 2.43. The van der Waals surface area contributed by atoms with Crippen LogP contribution in [0.3, 0.4) is 0 Å². The average molecular weight is 751 g/mol. The van der Waals surface area contributed by atoms with E-state index in [0.717, 1.165) is 38.5 Å². The van der Waals surface area contributed by atoms with Gasteiger partial charge in [-0.15, -0.1) is 0 Å². The van der Waals surface area contributed by atoms with E-state index in [1.807, 2.05) is 0 Å². The van der Waals surface area contributed by atoms with E-state index in [1.165, 1.54) is 128 Å². The Labute approximate surface area is 312 Å². The van der Waals surface area contributed by atoms with Crippen LogP contribution in [0.25, 0.3) is 0 Å². The molecule has 0 heterocycles. The third kappa shape index (κ3) is 37.1. The van der Waals surface area contributed by atoms with Crippen LogP contribution < -0.4 is 0 Å². The van der Waals surface area contributed by atoms with Crippen LogP contribution in [0.15, 0.2) is 0 Å². The molecule has 0 aliphatic carbocycles. The third-order valence-electron chi connectivity index (χ3n) is 9.26. The van der Waals surface area contributed by atoms with Crippen LogP contribution in [-0.4, -0.2) is 65.7 Å². The van der Waals surface area contributed by atoms with Crippen LogP contribution in [0, 0.1) is 0 Å². The molecule has 0 saturated carbocycles. The summed E-state index contributed by atoms with van der Waals surface area (Å²) in [5, 5.41) is 18.3. The summed E-state index contributed by atoms with van der Waals surface area (Å²) in [7, 11) is -4.60. The van der Waals surface area contributed by atoms with Crippen molar-refractivity contribution in [1.29, 1.82) is 0 Å². The van der Waals surface area contributed by atoms with Crippen molar-refractivity contribution < 1.29 is 47.8 Å². The van der Waals surface area contributed by atoms with E-state index in [1.54, 1.807) is 0 Å². The van der Waals surface area contributed by atoms with Gasteiger partial charge in [-0.3, -0.25) is 18.6 Å². The van der Waals surface area contributed by atoms with Crippen molar-refractivity contribution in [1.82, 2.24) is 0 Å². The first-order valence-electron chi connectivity index (χ1n) is 21.0. The second-order valence-corrected chi connectivity index (χ2v) is 15.8. The van der Waals surface area contributed by atoms with Gasteiger partial charge in [0.25, 0.3) is 0 Å². The van der Waals surface area contributed by atoms with E-state index >= 15 is 0 Å². The molecule has 304 valence electrons. The van der Waals surface area contributed by atoms with Crippen LogP contribution in [0.1, 0.15) is 206 Å². The molecule has 0 aliphatic rings. The predicted molar refractivity (Wildman–Crippen MR) is 206 cm³/mol. The molecule has 0 radical (unpaired) electrons. The third-order valence-corrected chi connectivity index (χ3v) is 10.2. The normalized spacial score (nSPS) is 13.9. The number of hydrogen-bond donors (Lipinski definition) is 3. The number of carbonyl (C=O) groups is 2. The lowest BCUT2D eigenvalue weighted by molar-refractivity contribution is -0.161. The Balaban J connectivity index is 4.19. The minimum Gasteiger partial charge on any atom is -0.462 e. The molecule has 0 spiro atoms. The maximum absolute atomic E-state index is 12.6. The standard InChI is InChI=1S/C40H79O10P/c1-3-5-7-9-11-13-14-15-16-17-18-19-20-21-22-24-26-28-30-32-40(44)50-38(36-49-51(45,46)48-34-37(42)33-41)35-47-39(43)31-29-27-25-23-12-10-8-6-4-2/h37-38,41-42H,3-36H2,1-2H3,(H,45,46). The number of carbonyl (C=O) groups excluding carboxylic acids is 2. The van der Waals surface area contributed by atoms with Gasteiger partial charge in [-0.25, -0.2) is 4.57 Å². The van der Waals surface area contributed by atoms with Gasteiger partial charge in [-0.05, 0) is 12.8 Å². The molecule has 3 N–H and O–H groups in total. The fourth-order valence-electron chi connectivity index (χ4n) is 5.99. The predicted octanol–water partition coefficient (Wildman–Crippen LogP) is 10.7. The first-order chi connectivity index (χ1) is 24.7. The van der Waals surface area contributed by atoms with Crippen LogP contribution in [0.4, 0.5) is 0 Å². The highest BCUT2D eigenvalue weighted by atomic mass is 31.2. The molecule has 51 heavy (non-hydrogen) atoms. The first kappa shape index (κ1) is 50.0. The largest absolute Gasteiger partial charge is 0.472 e. The minimum atomic E-state index is -4.60. The van der Waals surface area contributed by atoms with Gasteiger partial charge in [0.05, 0.1) is 19.8 Å². The molecule has 0 aromatic heterocycles. The van der Waals surface area contributed by atoms with Gasteiger partial charge < -0.3 is 24.6 Å². The second kappa shape index (κ2) is 37.3. The SMILES string of the molecule is CCCCCCCCCCCCCCCCCCCCCC(=O)OC(COC(=O)CCCCCCCCCCC)COP(=O)(O)OCC(O)CO. The molecule has 0 saturated heterocycles. The first-order valence-corrected chi connectivity index (χ1v) is 22.5. The number of esters is 2. The molecule has 3 atom stereocenters. The molecule has 3 unspecified atom stereocenters. The summed E-state index contributed by atoms with van der Waals surface area (Å²) in [6.45, 7) is 2.38. The van der Waals surface area contributed by atoms with Crippen molar-refractivity contribution in [2.24, 2.45) is 0 Å². The zero-order chi connectivity index (χ0) is 37.7. The van der Waals surface area contributed by atoms with Crippen molar-refractivity contribution in [3.05, 3.63) is 0 Å². The molecule has 0 bridgehead atoms. The monoisotopic (exact) mass is 751 g/mol. The molecule has 11 heteroatoms. The van der Waals surface area contributed by atoms with Crippen molar-refractivity contribution in [2.75, 3.05) is 26.4 Å². The molecule has 0 rings (SSSR count). The summed E-state index contributed by atoms with van der Waals surface area (Å²) in [6.07, 6.45) is 32.2. The lowest BCUT2D eigenvalue weighted by atomic mass is 10.0. The minimum absolute atomic E-state index is 0.192. The van der Waals surface area contributed by atoms with E-state index < -0.39 is 51.8 Å². The Morgan fingerprint density at radius 3 is 1.22 bits per heavy atom. The van der Waals surface area contributed by atoms with Gasteiger partial charge in [-0.1, -0.05) is 181 Å². The summed E-state index contributed by atoms with van der Waals surface area (Å²) in [4.78, 5) is 34.8. The summed E-state index contributed by atoms with van der Waals surface area (Å²) in [5.74, 6) is -0.915. The Bertz CT molecular complexity index is 827. The van der Waals surface area contributed by atoms with Crippen molar-refractivity contribution >= 4 is 19.8 Å². The molecule has 0 amide bonds. The number of unbranched alkanes of at least 4 members (excludes halogenated alkanes) is 26.